The molecule has 0 bridgehead atoms. The van der Waals surface area contributed by atoms with Crippen molar-refractivity contribution in [2.45, 2.75) is 62.5 Å². The van der Waals surface area contributed by atoms with Gasteiger partial charge in [-0.05, 0) is 44.1 Å². The molecule has 3 nitrogen and oxygen atoms in total. The van der Waals surface area contributed by atoms with Crippen molar-refractivity contribution in [3.8, 4) is 0 Å². The Kier molecular flexibility index (Phi) is 3.33. The van der Waals surface area contributed by atoms with E-state index in [0.29, 0.717) is 0 Å². The smallest absolute Gasteiger partial charge is 0.302 e. The molecule has 2 saturated carbocycles. The lowest BCUT2D eigenvalue weighted by Gasteiger charge is -2.45. The molecular formula is C17H23NO2. The fourth-order valence-electron chi connectivity index (χ4n) is 3.88. The first-order valence-electron chi connectivity index (χ1n) is 7.57. The normalized spacial score (nSPS) is 31.6. The molecular weight excluding hydrogens is 250 g/mol. The molecule has 2 N–H and O–H groups in total. The lowest BCUT2D eigenvalue weighted by atomic mass is 9.63. The van der Waals surface area contributed by atoms with E-state index in [1.54, 1.807) is 0 Å². The largest absolute Gasteiger partial charge is 0.463 e. The summed E-state index contributed by atoms with van der Waals surface area (Å²) in [7, 11) is 0. The van der Waals surface area contributed by atoms with E-state index in [0.717, 1.165) is 38.5 Å². The van der Waals surface area contributed by atoms with Gasteiger partial charge in [-0.3, -0.25) is 4.79 Å². The zero-order valence-corrected chi connectivity index (χ0v) is 12.1. The summed E-state index contributed by atoms with van der Waals surface area (Å²) in [6.07, 6.45) is 6.18. The van der Waals surface area contributed by atoms with Gasteiger partial charge >= 0.3 is 5.97 Å². The maximum atomic E-state index is 11.1. The van der Waals surface area contributed by atoms with Gasteiger partial charge in [0.15, 0.2) is 0 Å². The fourth-order valence-corrected chi connectivity index (χ4v) is 3.88. The number of rotatable bonds is 3. The predicted molar refractivity (Wildman–Crippen MR) is 78.3 cm³/mol. The fraction of sp³-hybridized carbons (Fsp3) is 0.588. The summed E-state index contributed by atoms with van der Waals surface area (Å²) in [4.78, 5) is 11.1. The van der Waals surface area contributed by atoms with E-state index in [2.05, 4.69) is 30.3 Å². The summed E-state index contributed by atoms with van der Waals surface area (Å²) in [5, 5.41) is 0. The van der Waals surface area contributed by atoms with Gasteiger partial charge in [0.05, 0.1) is 0 Å². The first kappa shape index (κ1) is 13.6. The molecule has 0 aliphatic heterocycles. The van der Waals surface area contributed by atoms with Gasteiger partial charge in [0.25, 0.3) is 0 Å². The van der Waals surface area contributed by atoms with Gasteiger partial charge in [-0.15, -0.1) is 0 Å². The lowest BCUT2D eigenvalue weighted by Crippen LogP contribution is -2.51. The minimum absolute atomic E-state index is 0.0461. The van der Waals surface area contributed by atoms with E-state index in [-0.39, 0.29) is 23.0 Å². The second kappa shape index (κ2) is 4.88. The Bertz CT molecular complexity index is 485. The number of carbonyl (C=O) groups is 1. The van der Waals surface area contributed by atoms with Crippen LogP contribution in [0.1, 0.15) is 51.0 Å². The molecule has 2 aliphatic carbocycles. The van der Waals surface area contributed by atoms with Gasteiger partial charge < -0.3 is 10.5 Å². The standard InChI is InChI=1S/C17H23NO2/c1-13(19)20-15-7-9-16(10-8-15,17(18)11-12-17)14-5-3-2-4-6-14/h2-6,15H,7-12,18H2,1H3. The number of esters is 1. The monoisotopic (exact) mass is 273 g/mol. The first-order valence-corrected chi connectivity index (χ1v) is 7.57. The summed E-state index contributed by atoms with van der Waals surface area (Å²) in [6.45, 7) is 1.49. The molecule has 1 aromatic rings. The molecule has 3 rings (SSSR count). The molecule has 0 amide bonds. The van der Waals surface area contributed by atoms with Crippen LogP contribution >= 0.6 is 0 Å². The van der Waals surface area contributed by atoms with Crippen molar-refractivity contribution in [2.75, 3.05) is 0 Å². The highest BCUT2D eigenvalue weighted by molar-refractivity contribution is 5.66. The third kappa shape index (κ3) is 2.24. The third-order valence-corrected chi connectivity index (χ3v) is 5.19. The minimum atomic E-state index is -0.170. The van der Waals surface area contributed by atoms with Crippen LogP contribution in [-0.2, 0) is 14.9 Å². The van der Waals surface area contributed by atoms with Crippen LogP contribution < -0.4 is 5.73 Å². The van der Waals surface area contributed by atoms with Gasteiger partial charge in [0.1, 0.15) is 6.10 Å². The summed E-state index contributed by atoms with van der Waals surface area (Å²) in [5.74, 6) is -0.170. The summed E-state index contributed by atoms with van der Waals surface area (Å²) >= 11 is 0. The molecule has 2 aliphatic rings. The maximum absolute atomic E-state index is 11.1. The van der Waals surface area contributed by atoms with Crippen molar-refractivity contribution in [1.82, 2.24) is 0 Å². The van der Waals surface area contributed by atoms with Crippen molar-refractivity contribution in [3.05, 3.63) is 35.9 Å². The Morgan fingerprint density at radius 3 is 2.25 bits per heavy atom. The van der Waals surface area contributed by atoms with Gasteiger partial charge in [-0.25, -0.2) is 0 Å². The Morgan fingerprint density at radius 2 is 1.75 bits per heavy atom. The SMILES string of the molecule is CC(=O)OC1CCC(c2ccccc2)(C2(N)CC2)CC1. The van der Waals surface area contributed by atoms with E-state index in [1.807, 2.05) is 0 Å². The third-order valence-electron chi connectivity index (χ3n) is 5.19. The average molecular weight is 273 g/mol. The zero-order valence-electron chi connectivity index (χ0n) is 12.1. The van der Waals surface area contributed by atoms with E-state index in [1.165, 1.54) is 12.5 Å². The van der Waals surface area contributed by atoms with Crippen LogP contribution in [0.2, 0.25) is 0 Å². The van der Waals surface area contributed by atoms with Crippen LogP contribution in [-0.4, -0.2) is 17.6 Å². The summed E-state index contributed by atoms with van der Waals surface area (Å²) in [6, 6.07) is 10.7. The Morgan fingerprint density at radius 1 is 1.15 bits per heavy atom. The molecule has 0 radical (unpaired) electrons. The maximum Gasteiger partial charge on any atom is 0.302 e. The highest BCUT2D eigenvalue weighted by Crippen LogP contribution is 2.56. The van der Waals surface area contributed by atoms with Crippen molar-refractivity contribution in [3.63, 3.8) is 0 Å². The number of hydrogen-bond acceptors (Lipinski definition) is 3. The Balaban J connectivity index is 1.82. The summed E-state index contributed by atoms with van der Waals surface area (Å²) in [5.41, 5.74) is 8.02. The minimum Gasteiger partial charge on any atom is -0.463 e. The zero-order chi connectivity index (χ0) is 14.2. The van der Waals surface area contributed by atoms with Crippen molar-refractivity contribution in [1.29, 1.82) is 0 Å². The van der Waals surface area contributed by atoms with Gasteiger partial charge in [0.2, 0.25) is 0 Å². The quantitative estimate of drug-likeness (QED) is 0.861. The molecule has 20 heavy (non-hydrogen) atoms. The van der Waals surface area contributed by atoms with Crippen LogP contribution in [0.3, 0.4) is 0 Å². The van der Waals surface area contributed by atoms with Crippen LogP contribution in [0.25, 0.3) is 0 Å². The van der Waals surface area contributed by atoms with Gasteiger partial charge in [0, 0.05) is 17.9 Å². The molecule has 3 heteroatoms. The van der Waals surface area contributed by atoms with E-state index in [9.17, 15) is 4.79 Å². The molecule has 108 valence electrons. The molecule has 0 atom stereocenters. The number of benzene rings is 1. The predicted octanol–water partition coefficient (Wildman–Crippen LogP) is 2.92. The second-order valence-corrected chi connectivity index (χ2v) is 6.41. The average Bonchev–Trinajstić information content (AvgIpc) is 3.20. The molecule has 0 unspecified atom stereocenters. The lowest BCUT2D eigenvalue weighted by molar-refractivity contribution is -0.148. The highest BCUT2D eigenvalue weighted by atomic mass is 16.5. The van der Waals surface area contributed by atoms with Gasteiger partial charge in [-0.1, -0.05) is 30.3 Å². The van der Waals surface area contributed by atoms with Gasteiger partial charge in [-0.2, -0.15) is 0 Å². The molecule has 1 aromatic carbocycles. The topological polar surface area (TPSA) is 52.3 Å². The van der Waals surface area contributed by atoms with Crippen LogP contribution in [0.15, 0.2) is 30.3 Å². The Labute approximate surface area is 120 Å². The number of ether oxygens (including phenoxy) is 1. The molecule has 0 aromatic heterocycles. The molecule has 2 fully saturated rings. The van der Waals surface area contributed by atoms with Crippen molar-refractivity contribution in [2.24, 2.45) is 5.73 Å². The molecule has 0 heterocycles. The van der Waals surface area contributed by atoms with E-state index < -0.39 is 0 Å². The highest BCUT2D eigenvalue weighted by Gasteiger charge is 2.58. The first-order chi connectivity index (χ1) is 9.56. The number of carbonyl (C=O) groups excluding carboxylic acids is 1. The molecule has 0 saturated heterocycles. The van der Waals surface area contributed by atoms with Crippen LogP contribution in [0.5, 0.6) is 0 Å². The second-order valence-electron chi connectivity index (χ2n) is 6.41. The Hall–Kier alpha value is -1.35. The summed E-state index contributed by atoms with van der Waals surface area (Å²) < 4.78 is 5.37. The van der Waals surface area contributed by atoms with Crippen LogP contribution in [0.4, 0.5) is 0 Å². The molecule has 0 spiro atoms. The van der Waals surface area contributed by atoms with Crippen molar-refractivity contribution >= 4 is 5.97 Å². The van der Waals surface area contributed by atoms with Crippen LogP contribution in [0, 0.1) is 0 Å². The number of nitrogens with two attached hydrogens (primary N) is 1. The van der Waals surface area contributed by atoms with Crippen molar-refractivity contribution < 1.29 is 9.53 Å². The van der Waals surface area contributed by atoms with E-state index >= 15 is 0 Å². The van der Waals surface area contributed by atoms with E-state index in [4.69, 9.17) is 10.5 Å². The number of hydrogen-bond donors (Lipinski definition) is 1.